The Morgan fingerprint density at radius 3 is 2.65 bits per heavy atom. The molecule has 2 aliphatic heterocycles. The average molecular weight is 350 g/mol. The topological polar surface area (TPSA) is 41.6 Å². The summed E-state index contributed by atoms with van der Waals surface area (Å²) in [6.07, 6.45) is 0. The molecule has 2 aliphatic rings. The largest absolute Gasteiger partial charge is 0.496 e. The Kier molecular flexibility index (Phi) is 4.45. The fraction of sp³-hybridized carbons (Fsp3) is 0.409. The van der Waals surface area contributed by atoms with Crippen molar-refractivity contribution in [1.82, 2.24) is 10.2 Å². The van der Waals surface area contributed by atoms with Crippen molar-refractivity contribution in [2.24, 2.45) is 11.8 Å². The first-order valence-electron chi connectivity index (χ1n) is 9.32. The van der Waals surface area contributed by atoms with Crippen molar-refractivity contribution in [3.8, 4) is 5.75 Å². The van der Waals surface area contributed by atoms with Crippen LogP contribution in [0.5, 0.6) is 5.75 Å². The van der Waals surface area contributed by atoms with Crippen LogP contribution in [-0.4, -0.2) is 37.6 Å². The number of hydrogen-bond donors (Lipinski definition) is 1. The Morgan fingerprint density at radius 1 is 1.12 bits per heavy atom. The third kappa shape index (κ3) is 2.78. The molecule has 0 radical (unpaired) electrons. The lowest BCUT2D eigenvalue weighted by Gasteiger charge is -2.30. The number of carbonyl (C=O) groups excluding carboxylic acids is 1. The van der Waals surface area contributed by atoms with Gasteiger partial charge in [-0.15, -0.1) is 0 Å². The van der Waals surface area contributed by atoms with Crippen LogP contribution >= 0.6 is 0 Å². The molecule has 3 atom stereocenters. The highest BCUT2D eigenvalue weighted by molar-refractivity contribution is 5.95. The minimum atomic E-state index is 0.124. The van der Waals surface area contributed by atoms with Gasteiger partial charge in [-0.05, 0) is 54.7 Å². The molecular weight excluding hydrogens is 324 g/mol. The van der Waals surface area contributed by atoms with Gasteiger partial charge in [0.25, 0.3) is 5.91 Å². The molecule has 4 rings (SSSR count). The molecular formula is C22H26N2O2. The summed E-state index contributed by atoms with van der Waals surface area (Å²) in [5.41, 5.74) is 4.28. The Hall–Kier alpha value is -2.33. The highest BCUT2D eigenvalue weighted by atomic mass is 16.5. The molecule has 0 aliphatic carbocycles. The summed E-state index contributed by atoms with van der Waals surface area (Å²) in [5, 5.41) is 3.51. The molecule has 0 aromatic heterocycles. The van der Waals surface area contributed by atoms with Crippen LogP contribution in [0.2, 0.25) is 0 Å². The van der Waals surface area contributed by atoms with Gasteiger partial charge < -0.3 is 15.0 Å². The number of nitrogens with zero attached hydrogens (tertiary/aromatic N) is 1. The maximum Gasteiger partial charge on any atom is 0.254 e. The second-order valence-corrected chi connectivity index (χ2v) is 7.53. The molecule has 136 valence electrons. The van der Waals surface area contributed by atoms with Crippen LogP contribution in [0.4, 0.5) is 0 Å². The van der Waals surface area contributed by atoms with Crippen LogP contribution in [0.25, 0.3) is 0 Å². The Bertz CT molecular complexity index is 833. The molecule has 4 heteroatoms. The summed E-state index contributed by atoms with van der Waals surface area (Å²) < 4.78 is 5.34. The quantitative estimate of drug-likeness (QED) is 0.923. The van der Waals surface area contributed by atoms with Crippen molar-refractivity contribution in [2.75, 3.05) is 26.7 Å². The SMILES string of the molecule is COc1ccc(C(=O)N2C[C@@H]3CNC[C@@H]3[C@H]2c2ccccc2C)cc1C. The van der Waals surface area contributed by atoms with E-state index in [1.54, 1.807) is 7.11 Å². The zero-order valence-corrected chi connectivity index (χ0v) is 15.7. The zero-order chi connectivity index (χ0) is 18.3. The molecule has 2 heterocycles. The van der Waals surface area contributed by atoms with Crippen molar-refractivity contribution in [1.29, 1.82) is 0 Å². The van der Waals surface area contributed by atoms with E-state index in [1.807, 2.05) is 25.1 Å². The first-order valence-corrected chi connectivity index (χ1v) is 9.32. The van der Waals surface area contributed by atoms with E-state index in [-0.39, 0.29) is 11.9 Å². The van der Waals surface area contributed by atoms with Crippen molar-refractivity contribution in [3.05, 3.63) is 64.7 Å². The average Bonchev–Trinajstić information content (AvgIpc) is 3.23. The van der Waals surface area contributed by atoms with E-state index in [0.717, 1.165) is 36.5 Å². The van der Waals surface area contributed by atoms with Gasteiger partial charge in [0.05, 0.1) is 13.2 Å². The molecule has 0 saturated carbocycles. The molecule has 0 spiro atoms. The monoisotopic (exact) mass is 350 g/mol. The lowest BCUT2D eigenvalue weighted by Crippen LogP contribution is -2.35. The summed E-state index contributed by atoms with van der Waals surface area (Å²) in [5.74, 6) is 1.96. The molecule has 1 N–H and O–H groups in total. The first kappa shape index (κ1) is 17.1. The maximum absolute atomic E-state index is 13.4. The van der Waals surface area contributed by atoms with E-state index in [4.69, 9.17) is 4.74 Å². The summed E-state index contributed by atoms with van der Waals surface area (Å²) in [6, 6.07) is 14.3. The van der Waals surface area contributed by atoms with E-state index in [1.165, 1.54) is 11.1 Å². The highest BCUT2D eigenvalue weighted by Gasteiger charge is 2.47. The Labute approximate surface area is 155 Å². The number of methoxy groups -OCH3 is 1. The second kappa shape index (κ2) is 6.76. The van der Waals surface area contributed by atoms with Crippen molar-refractivity contribution < 1.29 is 9.53 Å². The number of hydrogen-bond acceptors (Lipinski definition) is 3. The number of fused-ring (bicyclic) bond motifs is 1. The van der Waals surface area contributed by atoms with E-state index in [0.29, 0.717) is 11.8 Å². The molecule has 0 bridgehead atoms. The number of amides is 1. The number of carbonyl (C=O) groups is 1. The molecule has 2 aromatic rings. The van der Waals surface area contributed by atoms with Crippen LogP contribution in [-0.2, 0) is 0 Å². The van der Waals surface area contributed by atoms with Gasteiger partial charge in [-0.1, -0.05) is 24.3 Å². The number of ether oxygens (including phenoxy) is 1. The van der Waals surface area contributed by atoms with Gasteiger partial charge in [0.1, 0.15) is 5.75 Å². The first-order chi connectivity index (χ1) is 12.6. The minimum Gasteiger partial charge on any atom is -0.496 e. The smallest absolute Gasteiger partial charge is 0.254 e. The van der Waals surface area contributed by atoms with E-state index >= 15 is 0 Å². The second-order valence-electron chi connectivity index (χ2n) is 7.53. The highest BCUT2D eigenvalue weighted by Crippen LogP contribution is 2.44. The third-order valence-electron chi connectivity index (χ3n) is 5.97. The molecule has 2 fully saturated rings. The number of likely N-dealkylation sites (tertiary alicyclic amines) is 1. The van der Waals surface area contributed by atoms with Gasteiger partial charge in [0.2, 0.25) is 0 Å². The zero-order valence-electron chi connectivity index (χ0n) is 15.7. The van der Waals surface area contributed by atoms with Crippen LogP contribution in [0, 0.1) is 25.7 Å². The standard InChI is InChI=1S/C22H26N2O2/c1-14-6-4-5-7-18(14)21-19-12-23-11-17(19)13-24(21)22(25)16-8-9-20(26-3)15(2)10-16/h4-10,17,19,21,23H,11-13H2,1-3H3/t17-,19-,21+/m0/s1. The summed E-state index contributed by atoms with van der Waals surface area (Å²) in [6.45, 7) is 6.93. The fourth-order valence-corrected chi connectivity index (χ4v) is 4.62. The van der Waals surface area contributed by atoms with Crippen LogP contribution in [0.3, 0.4) is 0 Å². The Balaban J connectivity index is 1.71. The van der Waals surface area contributed by atoms with Crippen LogP contribution in [0.15, 0.2) is 42.5 Å². The van der Waals surface area contributed by atoms with Gasteiger partial charge >= 0.3 is 0 Å². The molecule has 1 amide bonds. The predicted molar refractivity (Wildman–Crippen MR) is 103 cm³/mol. The number of rotatable bonds is 3. The van der Waals surface area contributed by atoms with Gasteiger partial charge in [0.15, 0.2) is 0 Å². The number of benzene rings is 2. The normalized spacial score (nSPS) is 24.6. The van der Waals surface area contributed by atoms with Crippen LogP contribution < -0.4 is 10.1 Å². The molecule has 2 aromatic carbocycles. The lowest BCUT2D eigenvalue weighted by atomic mass is 9.87. The van der Waals surface area contributed by atoms with Crippen molar-refractivity contribution >= 4 is 5.91 Å². The summed E-state index contributed by atoms with van der Waals surface area (Å²) in [4.78, 5) is 15.5. The summed E-state index contributed by atoms with van der Waals surface area (Å²) in [7, 11) is 1.66. The lowest BCUT2D eigenvalue weighted by molar-refractivity contribution is 0.0713. The Morgan fingerprint density at radius 2 is 1.92 bits per heavy atom. The van der Waals surface area contributed by atoms with Crippen LogP contribution in [0.1, 0.15) is 33.1 Å². The summed E-state index contributed by atoms with van der Waals surface area (Å²) >= 11 is 0. The van der Waals surface area contributed by atoms with E-state index < -0.39 is 0 Å². The molecule has 4 nitrogen and oxygen atoms in total. The third-order valence-corrected chi connectivity index (χ3v) is 5.97. The fourth-order valence-electron chi connectivity index (χ4n) is 4.62. The van der Waals surface area contributed by atoms with Crippen molar-refractivity contribution in [3.63, 3.8) is 0 Å². The van der Waals surface area contributed by atoms with Crippen molar-refractivity contribution in [2.45, 2.75) is 19.9 Å². The van der Waals surface area contributed by atoms with E-state index in [9.17, 15) is 4.79 Å². The van der Waals surface area contributed by atoms with Gasteiger partial charge in [-0.2, -0.15) is 0 Å². The maximum atomic E-state index is 13.4. The molecule has 2 saturated heterocycles. The molecule has 26 heavy (non-hydrogen) atoms. The van der Waals surface area contributed by atoms with E-state index in [2.05, 4.69) is 41.4 Å². The minimum absolute atomic E-state index is 0.124. The number of nitrogens with one attached hydrogen (secondary N) is 1. The predicted octanol–water partition coefficient (Wildman–Crippen LogP) is 3.34. The number of aryl methyl sites for hydroxylation is 2. The van der Waals surface area contributed by atoms with Gasteiger partial charge in [-0.25, -0.2) is 0 Å². The van der Waals surface area contributed by atoms with Gasteiger partial charge in [0, 0.05) is 31.1 Å². The molecule has 0 unspecified atom stereocenters. The van der Waals surface area contributed by atoms with Gasteiger partial charge in [-0.3, -0.25) is 4.79 Å².